The molecule has 0 bridgehead atoms. The lowest BCUT2D eigenvalue weighted by atomic mass is 9.91. The number of hydrogen-bond acceptors (Lipinski definition) is 3. The van der Waals surface area contributed by atoms with Gasteiger partial charge in [0.1, 0.15) is 0 Å². The molecule has 1 heterocycles. The van der Waals surface area contributed by atoms with E-state index in [-0.39, 0.29) is 30.7 Å². The lowest BCUT2D eigenvalue weighted by molar-refractivity contribution is -0.123. The molecule has 0 fully saturated rings. The quantitative estimate of drug-likeness (QED) is 0.425. The van der Waals surface area contributed by atoms with E-state index in [1.54, 1.807) is 0 Å². The van der Waals surface area contributed by atoms with Gasteiger partial charge in [-0.15, -0.1) is 24.8 Å². The zero-order valence-electron chi connectivity index (χ0n) is 19.8. The van der Waals surface area contributed by atoms with Crippen LogP contribution in [0, 0.1) is 19.3 Å². The number of fused-ring (bicyclic) bond motifs is 1. The van der Waals surface area contributed by atoms with E-state index in [1.807, 2.05) is 20.8 Å². The fourth-order valence-corrected chi connectivity index (χ4v) is 4.20. The number of hydrogen-bond donors (Lipinski definition) is 2. The first-order valence-electron chi connectivity index (χ1n) is 11.1. The highest BCUT2D eigenvalue weighted by Crippen LogP contribution is 2.43. The average Bonchev–Trinajstić information content (AvgIpc) is 3.05. The van der Waals surface area contributed by atoms with E-state index in [9.17, 15) is 4.79 Å². The molecular formula is C24H43Cl2N3O. The molecule has 0 atom stereocenters. The Morgan fingerprint density at radius 2 is 1.63 bits per heavy atom. The molecule has 0 aliphatic carbocycles. The lowest BCUT2D eigenvalue weighted by Gasteiger charge is -2.28. The van der Waals surface area contributed by atoms with Crippen LogP contribution in [0.5, 0.6) is 0 Å². The number of carbonyl (C=O) groups excluding carboxylic acids is 1. The lowest BCUT2D eigenvalue weighted by Crippen LogP contribution is -2.30. The van der Waals surface area contributed by atoms with Crippen LogP contribution < -0.4 is 16.0 Å². The maximum absolute atomic E-state index is 12.8. The summed E-state index contributed by atoms with van der Waals surface area (Å²) in [5.41, 5.74) is 12.9. The number of nitrogens with two attached hydrogens (primary N) is 1. The number of halogens is 2. The molecule has 1 amide bonds. The minimum Gasteiger partial charge on any atom is -0.369 e. The molecule has 1 aliphatic rings. The molecule has 30 heavy (non-hydrogen) atoms. The van der Waals surface area contributed by atoms with Gasteiger partial charge in [-0.1, -0.05) is 59.8 Å². The summed E-state index contributed by atoms with van der Waals surface area (Å²) < 4.78 is 0. The number of rotatable bonds is 9. The van der Waals surface area contributed by atoms with E-state index in [1.165, 1.54) is 60.9 Å². The van der Waals surface area contributed by atoms with Gasteiger partial charge in [0.25, 0.3) is 0 Å². The highest BCUT2D eigenvalue weighted by Gasteiger charge is 2.30. The van der Waals surface area contributed by atoms with Crippen LogP contribution in [0.1, 0.15) is 88.5 Å². The number of anilines is 2. The summed E-state index contributed by atoms with van der Waals surface area (Å²) in [6.07, 6.45) is 8.85. The number of carbonyl (C=O) groups is 1. The SMILES string of the molecule is CCCCCCCCN1CCc2c(C)c(CN)c(C)c(NC(=O)C(C)(C)C)c21.Cl.Cl. The van der Waals surface area contributed by atoms with Crippen molar-refractivity contribution in [3.63, 3.8) is 0 Å². The second-order valence-electron chi connectivity index (χ2n) is 9.34. The van der Waals surface area contributed by atoms with Gasteiger partial charge in [0.05, 0.1) is 11.4 Å². The Balaban J connectivity index is 0.00000420. The number of benzene rings is 1. The minimum atomic E-state index is -0.421. The summed E-state index contributed by atoms with van der Waals surface area (Å²) in [5, 5.41) is 3.26. The predicted octanol–water partition coefficient (Wildman–Crippen LogP) is 6.31. The Bertz CT molecular complexity index is 699. The molecule has 1 aromatic rings. The summed E-state index contributed by atoms with van der Waals surface area (Å²) in [7, 11) is 0. The van der Waals surface area contributed by atoms with Gasteiger partial charge in [0.15, 0.2) is 0 Å². The van der Waals surface area contributed by atoms with E-state index in [2.05, 4.69) is 31.0 Å². The fraction of sp³-hybridized carbons (Fsp3) is 0.708. The summed E-state index contributed by atoms with van der Waals surface area (Å²) >= 11 is 0. The van der Waals surface area contributed by atoms with Crippen molar-refractivity contribution in [2.75, 3.05) is 23.3 Å². The van der Waals surface area contributed by atoms with Gasteiger partial charge >= 0.3 is 0 Å². The average molecular weight is 461 g/mol. The molecule has 0 unspecified atom stereocenters. The van der Waals surface area contributed by atoms with Crippen LogP contribution in [0.4, 0.5) is 11.4 Å². The molecule has 2 rings (SSSR count). The summed E-state index contributed by atoms with van der Waals surface area (Å²) in [4.78, 5) is 15.3. The van der Waals surface area contributed by atoms with E-state index >= 15 is 0 Å². The maximum Gasteiger partial charge on any atom is 0.229 e. The minimum absolute atomic E-state index is 0. The van der Waals surface area contributed by atoms with Gasteiger partial charge in [-0.2, -0.15) is 0 Å². The van der Waals surface area contributed by atoms with Crippen molar-refractivity contribution in [3.8, 4) is 0 Å². The fourth-order valence-electron chi connectivity index (χ4n) is 4.20. The van der Waals surface area contributed by atoms with E-state index in [0.29, 0.717) is 6.54 Å². The first kappa shape index (κ1) is 29.0. The molecule has 6 heteroatoms. The highest BCUT2D eigenvalue weighted by molar-refractivity contribution is 6.00. The molecule has 174 valence electrons. The standard InChI is InChI=1S/C24H41N3O.2ClH/c1-7-8-9-10-11-12-14-27-15-13-19-17(2)20(16-25)18(3)21(22(19)27)26-23(28)24(4,5)6;;/h7-16,25H2,1-6H3,(H,26,28);2*1H. The Morgan fingerprint density at radius 3 is 2.20 bits per heavy atom. The number of nitrogens with zero attached hydrogens (tertiary/aromatic N) is 1. The molecule has 0 spiro atoms. The van der Waals surface area contributed by atoms with Gasteiger partial charge in [-0.25, -0.2) is 0 Å². The molecule has 0 aromatic heterocycles. The molecule has 1 aromatic carbocycles. The van der Waals surface area contributed by atoms with Gasteiger partial charge in [0.2, 0.25) is 5.91 Å². The van der Waals surface area contributed by atoms with Crippen molar-refractivity contribution in [1.82, 2.24) is 0 Å². The van der Waals surface area contributed by atoms with E-state index in [4.69, 9.17) is 5.73 Å². The van der Waals surface area contributed by atoms with E-state index < -0.39 is 5.41 Å². The van der Waals surface area contributed by atoms with Gasteiger partial charge in [0, 0.05) is 25.0 Å². The Morgan fingerprint density at radius 1 is 1.03 bits per heavy atom. The third kappa shape index (κ3) is 6.77. The molecule has 0 radical (unpaired) electrons. The highest BCUT2D eigenvalue weighted by atomic mass is 35.5. The van der Waals surface area contributed by atoms with Crippen molar-refractivity contribution in [1.29, 1.82) is 0 Å². The molecular weight excluding hydrogens is 417 g/mol. The van der Waals surface area contributed by atoms with Crippen LogP contribution in [0.15, 0.2) is 0 Å². The van der Waals surface area contributed by atoms with Crippen LogP contribution in [-0.2, 0) is 17.8 Å². The summed E-state index contributed by atoms with van der Waals surface area (Å²) in [6.45, 7) is 15.1. The van der Waals surface area contributed by atoms with Crippen LogP contribution in [0.25, 0.3) is 0 Å². The topological polar surface area (TPSA) is 58.4 Å². The third-order valence-electron chi connectivity index (χ3n) is 6.11. The van der Waals surface area contributed by atoms with Crippen molar-refractivity contribution in [3.05, 3.63) is 22.3 Å². The van der Waals surface area contributed by atoms with Crippen molar-refractivity contribution in [2.45, 2.75) is 93.0 Å². The molecule has 0 saturated carbocycles. The summed E-state index contributed by atoms with van der Waals surface area (Å²) in [6, 6.07) is 0. The second-order valence-corrected chi connectivity index (χ2v) is 9.34. The van der Waals surface area contributed by atoms with Crippen LogP contribution in [0.3, 0.4) is 0 Å². The first-order chi connectivity index (χ1) is 13.2. The van der Waals surface area contributed by atoms with Crippen molar-refractivity contribution in [2.24, 2.45) is 11.1 Å². The molecule has 3 N–H and O–H groups in total. The molecule has 4 nitrogen and oxygen atoms in total. The first-order valence-corrected chi connectivity index (χ1v) is 11.1. The zero-order chi connectivity index (χ0) is 20.9. The van der Waals surface area contributed by atoms with Gasteiger partial charge < -0.3 is 16.0 Å². The van der Waals surface area contributed by atoms with Gasteiger partial charge in [-0.05, 0) is 48.9 Å². The third-order valence-corrected chi connectivity index (χ3v) is 6.11. The zero-order valence-corrected chi connectivity index (χ0v) is 21.5. The number of unbranched alkanes of at least 4 members (excludes halogenated alkanes) is 5. The smallest absolute Gasteiger partial charge is 0.229 e. The maximum atomic E-state index is 12.8. The normalized spacial score (nSPS) is 12.8. The predicted molar refractivity (Wildman–Crippen MR) is 136 cm³/mol. The van der Waals surface area contributed by atoms with Crippen LogP contribution in [0.2, 0.25) is 0 Å². The Labute approximate surface area is 196 Å². The summed E-state index contributed by atoms with van der Waals surface area (Å²) in [5.74, 6) is 0.0658. The van der Waals surface area contributed by atoms with E-state index in [0.717, 1.165) is 30.8 Å². The largest absolute Gasteiger partial charge is 0.369 e. The van der Waals surface area contributed by atoms with Crippen molar-refractivity contribution >= 4 is 42.1 Å². The molecule has 0 saturated heterocycles. The Hall–Kier alpha value is -0.970. The molecule has 1 aliphatic heterocycles. The monoisotopic (exact) mass is 459 g/mol. The van der Waals surface area contributed by atoms with Crippen molar-refractivity contribution < 1.29 is 4.79 Å². The van der Waals surface area contributed by atoms with Crippen LogP contribution >= 0.6 is 24.8 Å². The van der Waals surface area contributed by atoms with Crippen LogP contribution in [-0.4, -0.2) is 19.0 Å². The number of amides is 1. The number of nitrogens with one attached hydrogen (secondary N) is 1. The second kappa shape index (κ2) is 12.8. The Kier molecular flexibility index (Phi) is 12.4. The van der Waals surface area contributed by atoms with Gasteiger partial charge in [-0.3, -0.25) is 4.79 Å².